The van der Waals surface area contributed by atoms with Gasteiger partial charge in [0, 0.05) is 30.2 Å². The average Bonchev–Trinajstić information content (AvgIpc) is 3.32. The summed E-state index contributed by atoms with van der Waals surface area (Å²) in [6.07, 6.45) is 8.12. The van der Waals surface area contributed by atoms with E-state index in [2.05, 4.69) is 29.8 Å². The van der Waals surface area contributed by atoms with Crippen molar-refractivity contribution in [2.75, 3.05) is 13.6 Å². The summed E-state index contributed by atoms with van der Waals surface area (Å²) in [5.74, 6) is 0. The topological polar surface area (TPSA) is 53.3 Å². The number of nitrogens with one attached hydrogen (secondary N) is 1. The normalized spacial score (nSPS) is 17.8. The van der Waals surface area contributed by atoms with Gasteiger partial charge in [0.05, 0.1) is 27.0 Å². The molecular weight excluding hydrogens is 380 g/mol. The molecule has 1 aliphatic heterocycles. The van der Waals surface area contributed by atoms with Gasteiger partial charge >= 0.3 is 0 Å². The lowest BCUT2D eigenvalue weighted by Gasteiger charge is -2.15. The average molecular weight is 403 g/mol. The van der Waals surface area contributed by atoms with Crippen LogP contribution < -0.4 is 5.43 Å². The fourth-order valence-corrected chi connectivity index (χ4v) is 4.47. The Labute approximate surface area is 168 Å². The Morgan fingerprint density at radius 1 is 1.22 bits per heavy atom. The van der Waals surface area contributed by atoms with Crippen molar-refractivity contribution in [1.29, 1.82) is 0 Å². The van der Waals surface area contributed by atoms with Gasteiger partial charge in [-0.15, -0.1) is 11.3 Å². The van der Waals surface area contributed by atoms with Crippen molar-refractivity contribution in [1.82, 2.24) is 20.2 Å². The lowest BCUT2D eigenvalue weighted by atomic mass is 10.1. The summed E-state index contributed by atoms with van der Waals surface area (Å²) in [7, 11) is 2.00. The highest BCUT2D eigenvalue weighted by Crippen LogP contribution is 2.38. The van der Waals surface area contributed by atoms with E-state index < -0.39 is 5.60 Å². The molecule has 0 spiro atoms. The zero-order chi connectivity index (χ0) is 19.2. The first-order chi connectivity index (χ1) is 12.8. The number of rotatable bonds is 4. The molecular formula is C20H23ClN4OS. The summed E-state index contributed by atoms with van der Waals surface area (Å²) >= 11 is 8.20. The molecule has 0 saturated heterocycles. The van der Waals surface area contributed by atoms with E-state index in [4.69, 9.17) is 16.7 Å². The van der Waals surface area contributed by atoms with Crippen molar-refractivity contribution < 1.29 is 5.11 Å². The number of halogens is 1. The first-order valence-electron chi connectivity index (χ1n) is 9.00. The molecule has 2 aliphatic rings. The number of thiophene rings is 1. The largest absolute Gasteiger partial charge is 0.384 e. The highest BCUT2D eigenvalue weighted by atomic mass is 35.5. The summed E-state index contributed by atoms with van der Waals surface area (Å²) in [6.45, 7) is 4.33. The quantitative estimate of drug-likeness (QED) is 0.796. The molecule has 27 heavy (non-hydrogen) atoms. The molecule has 0 bridgehead atoms. The van der Waals surface area contributed by atoms with Crippen molar-refractivity contribution >= 4 is 34.2 Å². The van der Waals surface area contributed by atoms with Crippen LogP contribution in [0.5, 0.6) is 0 Å². The Balaban J connectivity index is 1.79. The number of aromatic nitrogens is 2. The van der Waals surface area contributed by atoms with Crippen molar-refractivity contribution in [3.63, 3.8) is 0 Å². The van der Waals surface area contributed by atoms with E-state index in [0.717, 1.165) is 35.7 Å². The first-order valence-corrected chi connectivity index (χ1v) is 10.2. The van der Waals surface area contributed by atoms with Gasteiger partial charge in [0.1, 0.15) is 5.60 Å². The van der Waals surface area contributed by atoms with Crippen LogP contribution in [-0.2, 0) is 5.60 Å². The molecule has 4 rings (SSSR count). The molecule has 0 amide bonds. The maximum absolute atomic E-state index is 10.5. The number of hydrogen-bond donors (Lipinski definition) is 2. The van der Waals surface area contributed by atoms with Crippen LogP contribution in [0.4, 0.5) is 0 Å². The van der Waals surface area contributed by atoms with Crippen molar-refractivity contribution in [2.24, 2.45) is 0 Å². The SMILES string of the molecule is CN1C=C(c2ccc(-c3cc(C(C)(C)O)nn3C3=CCCC=C3Cl)s2)CN1. The van der Waals surface area contributed by atoms with Crippen LogP contribution in [0.2, 0.25) is 0 Å². The van der Waals surface area contributed by atoms with Gasteiger partial charge in [0.25, 0.3) is 0 Å². The molecule has 5 nitrogen and oxygen atoms in total. The summed E-state index contributed by atoms with van der Waals surface area (Å²) in [5, 5.41) is 17.9. The molecule has 0 atom stereocenters. The highest BCUT2D eigenvalue weighted by Gasteiger charge is 2.25. The zero-order valence-corrected chi connectivity index (χ0v) is 17.2. The van der Waals surface area contributed by atoms with E-state index >= 15 is 0 Å². The predicted molar refractivity (Wildman–Crippen MR) is 112 cm³/mol. The summed E-state index contributed by atoms with van der Waals surface area (Å²) in [5.41, 5.74) is 5.97. The van der Waals surface area contributed by atoms with Crippen LogP contribution >= 0.6 is 22.9 Å². The van der Waals surface area contributed by atoms with Gasteiger partial charge in [0.2, 0.25) is 0 Å². The van der Waals surface area contributed by atoms with Gasteiger partial charge in [-0.3, -0.25) is 0 Å². The molecule has 0 aromatic carbocycles. The van der Waals surface area contributed by atoms with E-state index in [9.17, 15) is 5.11 Å². The van der Waals surface area contributed by atoms with E-state index in [1.807, 2.05) is 28.9 Å². The van der Waals surface area contributed by atoms with Crippen molar-refractivity contribution in [3.05, 3.63) is 52.2 Å². The molecule has 142 valence electrons. The van der Waals surface area contributed by atoms with Gasteiger partial charge < -0.3 is 10.1 Å². The van der Waals surface area contributed by atoms with E-state index in [1.54, 1.807) is 25.2 Å². The van der Waals surface area contributed by atoms with Crippen LogP contribution in [0, 0.1) is 0 Å². The second-order valence-electron chi connectivity index (χ2n) is 7.37. The fourth-order valence-electron chi connectivity index (χ4n) is 3.19. The van der Waals surface area contributed by atoms with Crippen LogP contribution in [0.3, 0.4) is 0 Å². The van der Waals surface area contributed by atoms with E-state index in [-0.39, 0.29) is 0 Å². The molecule has 2 aromatic heterocycles. The Kier molecular flexibility index (Phi) is 4.76. The van der Waals surface area contributed by atoms with Crippen LogP contribution in [-0.4, -0.2) is 33.5 Å². The molecule has 3 heterocycles. The fraction of sp³-hybridized carbons (Fsp3) is 0.350. The lowest BCUT2D eigenvalue weighted by molar-refractivity contribution is 0.0735. The Morgan fingerprint density at radius 3 is 2.63 bits per heavy atom. The van der Waals surface area contributed by atoms with Gasteiger partial charge in [-0.1, -0.05) is 23.8 Å². The minimum Gasteiger partial charge on any atom is -0.384 e. The highest BCUT2D eigenvalue weighted by molar-refractivity contribution is 7.16. The van der Waals surface area contributed by atoms with Crippen LogP contribution in [0.15, 0.2) is 41.6 Å². The Bertz CT molecular complexity index is 961. The van der Waals surface area contributed by atoms with Crippen LogP contribution in [0.1, 0.15) is 37.3 Å². The van der Waals surface area contributed by atoms with Crippen LogP contribution in [0.25, 0.3) is 21.8 Å². The minimum atomic E-state index is -1.02. The lowest BCUT2D eigenvalue weighted by Crippen LogP contribution is -2.23. The Morgan fingerprint density at radius 2 is 1.96 bits per heavy atom. The number of hydrazine groups is 1. The molecule has 1 aliphatic carbocycles. The predicted octanol–water partition coefficient (Wildman–Crippen LogP) is 4.39. The monoisotopic (exact) mass is 402 g/mol. The molecule has 7 heteroatoms. The molecule has 2 N–H and O–H groups in total. The number of aliphatic hydroxyl groups is 1. The maximum Gasteiger partial charge on any atom is 0.103 e. The second-order valence-corrected chi connectivity index (χ2v) is 8.86. The van der Waals surface area contributed by atoms with E-state index in [0.29, 0.717) is 10.7 Å². The van der Waals surface area contributed by atoms with E-state index in [1.165, 1.54) is 10.5 Å². The smallest absolute Gasteiger partial charge is 0.103 e. The molecule has 2 aromatic rings. The number of allylic oxidation sites excluding steroid dienone is 4. The number of hydrogen-bond acceptors (Lipinski definition) is 5. The molecule has 0 radical (unpaired) electrons. The van der Waals surface area contributed by atoms with Gasteiger partial charge in [-0.2, -0.15) is 5.10 Å². The van der Waals surface area contributed by atoms with Gasteiger partial charge in [-0.25, -0.2) is 10.1 Å². The summed E-state index contributed by atoms with van der Waals surface area (Å²) < 4.78 is 1.87. The van der Waals surface area contributed by atoms with Crippen molar-refractivity contribution in [2.45, 2.75) is 32.3 Å². The molecule has 0 saturated carbocycles. The molecule has 0 unspecified atom stereocenters. The standard InChI is InChI=1S/C20H23ClN4OS/c1-20(2,26)19-10-16(25(23-19)15-7-5-4-6-14(15)21)18-9-8-17(27-18)13-11-22-24(3)12-13/h6-10,12,22,26H,4-5,11H2,1-3H3. The third kappa shape index (κ3) is 3.62. The molecule has 0 fully saturated rings. The van der Waals surface area contributed by atoms with Gasteiger partial charge in [-0.05, 0) is 44.9 Å². The summed E-state index contributed by atoms with van der Waals surface area (Å²) in [4.78, 5) is 2.32. The summed E-state index contributed by atoms with van der Waals surface area (Å²) in [6, 6.07) is 6.21. The first kappa shape index (κ1) is 18.5. The zero-order valence-electron chi connectivity index (χ0n) is 15.7. The minimum absolute atomic E-state index is 0.630. The maximum atomic E-state index is 10.5. The second kappa shape index (κ2) is 6.95. The third-order valence-electron chi connectivity index (χ3n) is 4.68. The van der Waals surface area contributed by atoms with Gasteiger partial charge in [0.15, 0.2) is 0 Å². The number of nitrogens with zero attached hydrogens (tertiary/aromatic N) is 3. The third-order valence-corrected chi connectivity index (χ3v) is 6.21. The van der Waals surface area contributed by atoms with Crippen molar-refractivity contribution in [3.8, 4) is 10.6 Å². The Hall–Kier alpha value is -1.86.